The predicted molar refractivity (Wildman–Crippen MR) is 102 cm³/mol. The lowest BCUT2D eigenvalue weighted by Gasteiger charge is -2.51. The predicted octanol–water partition coefficient (Wildman–Crippen LogP) is 4.22. The van der Waals surface area contributed by atoms with E-state index in [0.29, 0.717) is 23.6 Å². The van der Waals surface area contributed by atoms with Gasteiger partial charge in [0.25, 0.3) is 0 Å². The van der Waals surface area contributed by atoms with Crippen LogP contribution in [0.15, 0.2) is 48.5 Å². The molecule has 1 aliphatic rings. The van der Waals surface area contributed by atoms with E-state index >= 15 is 0 Å². The molecule has 0 amide bonds. The van der Waals surface area contributed by atoms with Crippen molar-refractivity contribution in [1.82, 2.24) is 5.32 Å². The minimum absolute atomic E-state index is 0.531. The van der Waals surface area contributed by atoms with Gasteiger partial charge in [0, 0.05) is 12.5 Å². The minimum Gasteiger partial charge on any atom is -0.497 e. The van der Waals surface area contributed by atoms with Crippen molar-refractivity contribution in [2.45, 2.75) is 18.3 Å². The van der Waals surface area contributed by atoms with Crippen LogP contribution in [0.5, 0.6) is 11.5 Å². The Labute approximate surface area is 149 Å². The first-order valence-corrected chi connectivity index (χ1v) is 9.76. The van der Waals surface area contributed by atoms with Gasteiger partial charge in [-0.05, 0) is 44.3 Å². The fraction of sp³-hybridized carbons (Fsp3) is 0.333. The van der Waals surface area contributed by atoms with E-state index in [1.807, 2.05) is 37.4 Å². The van der Waals surface area contributed by atoms with E-state index < -0.39 is 16.2 Å². The number of nitrogens with one attached hydrogen (secondary N) is 1. The largest absolute Gasteiger partial charge is 0.497 e. The molecule has 7 heteroatoms. The number of rotatable bonds is 6. The standard InChI is InChI=1S/C18H24N2O4S/c1-19-12-6-9-18-24-17-13-15(23-2)10-11-16(17)20(25(18,21)22)14-7-4-3-5-8-14/h3-5,7-8,10-11,13,18-19,21-22H,6,9,12H2,1-2H3. The molecule has 1 aliphatic heterocycles. The molecule has 2 aromatic carbocycles. The van der Waals surface area contributed by atoms with Crippen molar-refractivity contribution < 1.29 is 18.6 Å². The van der Waals surface area contributed by atoms with Gasteiger partial charge in [-0.2, -0.15) is 0 Å². The molecule has 136 valence electrons. The summed E-state index contributed by atoms with van der Waals surface area (Å²) >= 11 is 0. The third-order valence-corrected chi connectivity index (χ3v) is 6.11. The Morgan fingerprint density at radius 3 is 2.64 bits per heavy atom. The molecule has 6 nitrogen and oxygen atoms in total. The Morgan fingerprint density at radius 1 is 1.20 bits per heavy atom. The Hall–Kier alpha value is -1.93. The fourth-order valence-corrected chi connectivity index (χ4v) is 4.70. The lowest BCUT2D eigenvalue weighted by Crippen LogP contribution is -2.39. The lowest BCUT2D eigenvalue weighted by atomic mass is 10.2. The molecule has 0 saturated carbocycles. The van der Waals surface area contributed by atoms with Gasteiger partial charge >= 0.3 is 0 Å². The molecule has 0 radical (unpaired) electrons. The number of methoxy groups -OCH3 is 1. The zero-order valence-corrected chi connectivity index (χ0v) is 15.2. The Kier molecular flexibility index (Phi) is 5.39. The lowest BCUT2D eigenvalue weighted by molar-refractivity contribution is 0.234. The van der Waals surface area contributed by atoms with E-state index in [0.717, 1.165) is 18.7 Å². The summed E-state index contributed by atoms with van der Waals surface area (Å²) in [7, 11) is 0.278. The second-order valence-corrected chi connectivity index (χ2v) is 7.83. The first kappa shape index (κ1) is 17.9. The zero-order chi connectivity index (χ0) is 17.9. The van der Waals surface area contributed by atoms with Crippen molar-refractivity contribution in [1.29, 1.82) is 0 Å². The normalized spacial score (nSPS) is 19.7. The smallest absolute Gasteiger partial charge is 0.206 e. The summed E-state index contributed by atoms with van der Waals surface area (Å²) in [4.78, 5) is 0. The quantitative estimate of drug-likeness (QED) is 0.667. The molecule has 0 fully saturated rings. The second kappa shape index (κ2) is 7.53. The highest BCUT2D eigenvalue weighted by atomic mass is 32.3. The molecule has 3 rings (SSSR count). The second-order valence-electron chi connectivity index (χ2n) is 5.82. The highest BCUT2D eigenvalue weighted by molar-refractivity contribution is 8.26. The third kappa shape index (κ3) is 3.55. The van der Waals surface area contributed by atoms with Gasteiger partial charge in [0.2, 0.25) is 5.44 Å². The van der Waals surface area contributed by atoms with E-state index in [9.17, 15) is 9.11 Å². The van der Waals surface area contributed by atoms with Gasteiger partial charge in [-0.15, -0.1) is 0 Å². The molecule has 0 saturated heterocycles. The number of nitrogens with zero attached hydrogens (tertiary/aromatic N) is 1. The van der Waals surface area contributed by atoms with Gasteiger partial charge in [0.15, 0.2) is 5.75 Å². The van der Waals surface area contributed by atoms with Crippen LogP contribution in [0.4, 0.5) is 11.4 Å². The first-order chi connectivity index (χ1) is 12.1. The minimum atomic E-state index is -3.19. The maximum Gasteiger partial charge on any atom is 0.206 e. The fourth-order valence-electron chi connectivity index (χ4n) is 2.87. The van der Waals surface area contributed by atoms with Crippen LogP contribution in [0.3, 0.4) is 0 Å². The average Bonchev–Trinajstić information content (AvgIpc) is 2.62. The van der Waals surface area contributed by atoms with Crippen LogP contribution in [-0.2, 0) is 0 Å². The van der Waals surface area contributed by atoms with Crippen molar-refractivity contribution in [2.24, 2.45) is 0 Å². The average molecular weight is 364 g/mol. The van der Waals surface area contributed by atoms with Crippen molar-refractivity contribution in [3.8, 4) is 11.5 Å². The summed E-state index contributed by atoms with van der Waals surface area (Å²) in [6, 6.07) is 14.7. The number of ether oxygens (including phenoxy) is 2. The summed E-state index contributed by atoms with van der Waals surface area (Å²) in [5, 5.41) is 3.07. The number of fused-ring (bicyclic) bond motifs is 1. The molecule has 1 atom stereocenters. The molecule has 2 aromatic rings. The third-order valence-electron chi connectivity index (χ3n) is 4.12. The van der Waals surface area contributed by atoms with E-state index in [4.69, 9.17) is 9.47 Å². The van der Waals surface area contributed by atoms with E-state index in [1.54, 1.807) is 29.6 Å². The summed E-state index contributed by atoms with van der Waals surface area (Å²) in [5.41, 5.74) is 0.633. The molecule has 1 heterocycles. The molecule has 0 bridgehead atoms. The van der Waals surface area contributed by atoms with Crippen LogP contribution in [0.25, 0.3) is 0 Å². The van der Waals surface area contributed by atoms with Crippen LogP contribution in [-0.4, -0.2) is 35.2 Å². The summed E-state index contributed by atoms with van der Waals surface area (Å²) < 4.78 is 34.9. The molecule has 3 N–H and O–H groups in total. The molecule has 1 unspecified atom stereocenters. The summed E-state index contributed by atoms with van der Waals surface area (Å²) in [5.74, 6) is 1.25. The Bertz CT molecular complexity index is 711. The number of hydrogen-bond donors (Lipinski definition) is 3. The van der Waals surface area contributed by atoms with Crippen LogP contribution >= 0.6 is 10.8 Å². The van der Waals surface area contributed by atoms with E-state index in [1.165, 1.54) is 0 Å². The Balaban J connectivity index is 2.04. The van der Waals surface area contributed by atoms with Gasteiger partial charge in [0.05, 0.1) is 12.8 Å². The highest BCUT2D eigenvalue weighted by Crippen LogP contribution is 2.61. The molecule has 25 heavy (non-hydrogen) atoms. The topological polar surface area (TPSA) is 74.2 Å². The van der Waals surface area contributed by atoms with E-state index in [2.05, 4.69) is 5.32 Å². The van der Waals surface area contributed by atoms with Gasteiger partial charge in [-0.25, -0.2) is 4.31 Å². The van der Waals surface area contributed by atoms with Gasteiger partial charge < -0.3 is 14.8 Å². The monoisotopic (exact) mass is 364 g/mol. The van der Waals surface area contributed by atoms with Gasteiger partial charge in [-0.3, -0.25) is 9.11 Å². The van der Waals surface area contributed by atoms with Crippen LogP contribution < -0.4 is 19.1 Å². The molecular formula is C18H24N2O4S. The van der Waals surface area contributed by atoms with Crippen molar-refractivity contribution in [2.75, 3.05) is 25.0 Å². The van der Waals surface area contributed by atoms with Gasteiger partial charge in [0.1, 0.15) is 11.4 Å². The zero-order valence-electron chi connectivity index (χ0n) is 14.4. The van der Waals surface area contributed by atoms with Crippen molar-refractivity contribution in [3.63, 3.8) is 0 Å². The van der Waals surface area contributed by atoms with Crippen LogP contribution in [0, 0.1) is 0 Å². The molecule has 0 aliphatic carbocycles. The summed E-state index contributed by atoms with van der Waals surface area (Å²) in [6.07, 6.45) is 1.31. The molecule has 0 spiro atoms. The highest BCUT2D eigenvalue weighted by Gasteiger charge is 2.41. The number of hydrogen-bond acceptors (Lipinski definition) is 6. The Morgan fingerprint density at radius 2 is 1.96 bits per heavy atom. The van der Waals surface area contributed by atoms with E-state index in [-0.39, 0.29) is 0 Å². The van der Waals surface area contributed by atoms with Crippen LogP contribution in [0.2, 0.25) is 0 Å². The number of benzene rings is 2. The van der Waals surface area contributed by atoms with Gasteiger partial charge in [-0.1, -0.05) is 29.0 Å². The summed E-state index contributed by atoms with van der Waals surface area (Å²) in [6.45, 7) is 0.783. The number of para-hydroxylation sites is 1. The maximum absolute atomic E-state index is 11.0. The molecule has 0 aromatic heterocycles. The first-order valence-electron chi connectivity index (χ1n) is 8.19. The number of anilines is 2. The van der Waals surface area contributed by atoms with Crippen LogP contribution in [0.1, 0.15) is 12.8 Å². The van der Waals surface area contributed by atoms with Crippen molar-refractivity contribution in [3.05, 3.63) is 48.5 Å². The molecular weight excluding hydrogens is 340 g/mol. The SMILES string of the molecule is CNCCCC1Oc2cc(OC)ccc2N(c2ccccc2)S1(O)O. The van der Waals surface area contributed by atoms with Crippen molar-refractivity contribution >= 4 is 22.2 Å². The maximum atomic E-state index is 11.0.